The van der Waals surface area contributed by atoms with Crippen LogP contribution >= 0.6 is 11.3 Å². The van der Waals surface area contributed by atoms with E-state index in [9.17, 15) is 19.7 Å². The number of anilines is 1. The van der Waals surface area contributed by atoms with Gasteiger partial charge in [0.2, 0.25) is 5.91 Å². The van der Waals surface area contributed by atoms with Gasteiger partial charge < -0.3 is 15.1 Å². The lowest BCUT2D eigenvalue weighted by Crippen LogP contribution is -2.35. The Kier molecular flexibility index (Phi) is 6.95. The van der Waals surface area contributed by atoms with Gasteiger partial charge in [-0.2, -0.15) is 11.3 Å². The van der Waals surface area contributed by atoms with Gasteiger partial charge in [-0.1, -0.05) is 0 Å². The van der Waals surface area contributed by atoms with Crippen LogP contribution in [0.5, 0.6) is 0 Å². The van der Waals surface area contributed by atoms with Gasteiger partial charge in [-0.25, -0.2) is 0 Å². The maximum absolute atomic E-state index is 12.5. The monoisotopic (exact) mass is 416 g/mol. The minimum Gasteiger partial charge on any atom is -0.337 e. The number of carbonyl (C=O) groups excluding carboxylic acids is 2. The minimum atomic E-state index is -0.454. The zero-order valence-corrected chi connectivity index (χ0v) is 17.1. The highest BCUT2D eigenvalue weighted by Crippen LogP contribution is 2.21. The first kappa shape index (κ1) is 20.9. The first-order valence-corrected chi connectivity index (χ1v) is 10.5. The molecule has 3 rings (SSSR count). The Morgan fingerprint density at radius 2 is 2.03 bits per heavy atom. The number of nitrogens with zero attached hydrogens (tertiary/aromatic N) is 3. The van der Waals surface area contributed by atoms with Crippen molar-refractivity contribution in [2.75, 3.05) is 38.0 Å². The number of nitro groups is 1. The van der Waals surface area contributed by atoms with Crippen LogP contribution in [0.1, 0.15) is 28.8 Å². The zero-order valence-electron chi connectivity index (χ0n) is 16.3. The van der Waals surface area contributed by atoms with Crippen molar-refractivity contribution < 1.29 is 14.5 Å². The molecule has 0 aliphatic carbocycles. The molecule has 1 saturated heterocycles. The lowest BCUT2D eigenvalue weighted by molar-refractivity contribution is -0.384. The largest absolute Gasteiger partial charge is 0.337 e. The first-order valence-electron chi connectivity index (χ1n) is 9.53. The summed E-state index contributed by atoms with van der Waals surface area (Å²) in [5, 5.41) is 17.4. The molecule has 8 nitrogen and oxygen atoms in total. The topological polar surface area (TPSA) is 95.8 Å². The van der Waals surface area contributed by atoms with E-state index in [2.05, 4.69) is 10.2 Å². The van der Waals surface area contributed by atoms with Crippen molar-refractivity contribution in [3.63, 3.8) is 0 Å². The third-order valence-electron chi connectivity index (χ3n) is 4.99. The molecule has 29 heavy (non-hydrogen) atoms. The van der Waals surface area contributed by atoms with E-state index < -0.39 is 4.92 Å². The molecule has 0 atom stereocenters. The molecule has 1 aliphatic heterocycles. The normalized spacial score (nSPS) is 15.0. The lowest BCUT2D eigenvalue weighted by Gasteiger charge is -2.21. The van der Waals surface area contributed by atoms with Crippen molar-refractivity contribution in [2.24, 2.45) is 0 Å². The van der Waals surface area contributed by atoms with Crippen LogP contribution in [0.4, 0.5) is 11.4 Å². The molecule has 0 radical (unpaired) electrons. The Morgan fingerprint density at radius 3 is 2.72 bits per heavy atom. The number of thiophene rings is 1. The summed E-state index contributed by atoms with van der Waals surface area (Å²) in [5.74, 6) is -0.0584. The van der Waals surface area contributed by atoms with Crippen LogP contribution in [0.15, 0.2) is 35.0 Å². The molecule has 2 aromatic rings. The average Bonchev–Trinajstić information content (AvgIpc) is 3.13. The molecular weight excluding hydrogens is 392 g/mol. The summed E-state index contributed by atoms with van der Waals surface area (Å²) >= 11 is 1.52. The van der Waals surface area contributed by atoms with Crippen molar-refractivity contribution in [1.82, 2.24) is 9.80 Å². The van der Waals surface area contributed by atoms with E-state index in [4.69, 9.17) is 0 Å². The molecule has 1 aromatic heterocycles. The van der Waals surface area contributed by atoms with Gasteiger partial charge in [-0.3, -0.25) is 19.7 Å². The predicted molar refractivity (Wildman–Crippen MR) is 112 cm³/mol. The fourth-order valence-electron chi connectivity index (χ4n) is 3.34. The van der Waals surface area contributed by atoms with Gasteiger partial charge in [0.15, 0.2) is 0 Å². The molecular formula is C20H24N4O4S. The smallest absolute Gasteiger partial charge is 0.269 e. The Morgan fingerprint density at radius 1 is 1.21 bits per heavy atom. The number of amides is 2. The van der Waals surface area contributed by atoms with Gasteiger partial charge in [0, 0.05) is 55.8 Å². The predicted octanol–water partition coefficient (Wildman–Crippen LogP) is 3.14. The number of benzene rings is 1. The SMILES string of the molecule is Cc1cc([N+](=O)[O-])ccc1NC(=O)CCN1CCCN(C(=O)c2ccsc2)CC1. The summed E-state index contributed by atoms with van der Waals surface area (Å²) in [6, 6.07) is 6.24. The Hall–Kier alpha value is -2.78. The quantitative estimate of drug-likeness (QED) is 0.576. The third-order valence-corrected chi connectivity index (χ3v) is 5.68. The van der Waals surface area contributed by atoms with E-state index in [1.807, 2.05) is 21.7 Å². The summed E-state index contributed by atoms with van der Waals surface area (Å²) in [7, 11) is 0. The molecule has 0 spiro atoms. The Labute approximate surface area is 173 Å². The molecule has 154 valence electrons. The highest BCUT2D eigenvalue weighted by Gasteiger charge is 2.21. The molecule has 1 fully saturated rings. The number of nitro benzene ring substituents is 1. The van der Waals surface area contributed by atoms with Gasteiger partial charge in [-0.15, -0.1) is 0 Å². The molecule has 1 aliphatic rings. The van der Waals surface area contributed by atoms with Crippen molar-refractivity contribution in [3.8, 4) is 0 Å². The van der Waals surface area contributed by atoms with Crippen LogP contribution in [0.2, 0.25) is 0 Å². The van der Waals surface area contributed by atoms with E-state index in [0.29, 0.717) is 30.8 Å². The molecule has 0 saturated carbocycles. The van der Waals surface area contributed by atoms with Crippen LogP contribution < -0.4 is 5.32 Å². The lowest BCUT2D eigenvalue weighted by atomic mass is 10.1. The first-order chi connectivity index (χ1) is 13.9. The number of hydrogen-bond acceptors (Lipinski definition) is 6. The molecule has 0 unspecified atom stereocenters. The Bertz CT molecular complexity index is 885. The second-order valence-corrected chi connectivity index (χ2v) is 7.83. The van der Waals surface area contributed by atoms with Crippen LogP contribution in [-0.2, 0) is 4.79 Å². The summed E-state index contributed by atoms with van der Waals surface area (Å²) in [4.78, 5) is 39.2. The van der Waals surface area contributed by atoms with Crippen molar-refractivity contribution in [2.45, 2.75) is 19.8 Å². The summed E-state index contributed by atoms with van der Waals surface area (Å²) in [6.45, 7) is 5.29. The number of nitrogens with one attached hydrogen (secondary N) is 1. The van der Waals surface area contributed by atoms with E-state index >= 15 is 0 Å². The maximum Gasteiger partial charge on any atom is 0.269 e. The summed E-state index contributed by atoms with van der Waals surface area (Å²) in [5.41, 5.74) is 1.99. The van der Waals surface area contributed by atoms with Gasteiger partial charge in [0.05, 0.1) is 10.5 Å². The maximum atomic E-state index is 12.5. The number of non-ortho nitro benzene ring substituents is 1. The van der Waals surface area contributed by atoms with E-state index in [1.165, 1.54) is 23.5 Å². The number of aryl methyl sites for hydroxylation is 1. The fraction of sp³-hybridized carbons (Fsp3) is 0.400. The Balaban J connectivity index is 1.47. The highest BCUT2D eigenvalue weighted by atomic mass is 32.1. The van der Waals surface area contributed by atoms with E-state index in [1.54, 1.807) is 13.0 Å². The molecule has 1 N–H and O–H groups in total. The van der Waals surface area contributed by atoms with E-state index in [-0.39, 0.29) is 17.5 Å². The molecule has 1 aromatic carbocycles. The van der Waals surface area contributed by atoms with Crippen LogP contribution in [0.3, 0.4) is 0 Å². The van der Waals surface area contributed by atoms with Crippen molar-refractivity contribution in [1.29, 1.82) is 0 Å². The molecule has 9 heteroatoms. The standard InChI is InChI=1S/C20H24N4O4S/c1-15-13-17(24(27)28)3-4-18(15)21-19(25)5-9-22-7-2-8-23(11-10-22)20(26)16-6-12-29-14-16/h3-4,6,12-14H,2,5,7-11H2,1H3,(H,21,25). The van der Waals surface area contributed by atoms with Gasteiger partial charge in [-0.05, 0) is 43.0 Å². The van der Waals surface area contributed by atoms with Gasteiger partial charge >= 0.3 is 0 Å². The fourth-order valence-corrected chi connectivity index (χ4v) is 3.97. The summed E-state index contributed by atoms with van der Waals surface area (Å²) in [6.07, 6.45) is 1.20. The highest BCUT2D eigenvalue weighted by molar-refractivity contribution is 7.08. The average molecular weight is 417 g/mol. The van der Waals surface area contributed by atoms with Crippen molar-refractivity contribution >= 4 is 34.5 Å². The molecule has 0 bridgehead atoms. The van der Waals surface area contributed by atoms with Crippen LogP contribution in [-0.4, -0.2) is 59.3 Å². The van der Waals surface area contributed by atoms with Gasteiger partial charge in [0.1, 0.15) is 0 Å². The third kappa shape index (κ3) is 5.61. The zero-order chi connectivity index (χ0) is 20.8. The molecule has 2 heterocycles. The number of carbonyl (C=O) groups is 2. The molecule has 2 amide bonds. The number of rotatable bonds is 6. The van der Waals surface area contributed by atoms with Crippen LogP contribution in [0, 0.1) is 17.0 Å². The summed E-state index contributed by atoms with van der Waals surface area (Å²) < 4.78 is 0. The number of hydrogen-bond donors (Lipinski definition) is 1. The minimum absolute atomic E-state index is 0.00613. The van der Waals surface area contributed by atoms with E-state index in [0.717, 1.165) is 31.6 Å². The second kappa shape index (κ2) is 9.62. The van der Waals surface area contributed by atoms with Crippen LogP contribution in [0.25, 0.3) is 0 Å². The van der Waals surface area contributed by atoms with Gasteiger partial charge in [0.25, 0.3) is 11.6 Å². The van der Waals surface area contributed by atoms with Crippen molar-refractivity contribution in [3.05, 3.63) is 56.3 Å². The second-order valence-electron chi connectivity index (χ2n) is 7.05.